The van der Waals surface area contributed by atoms with E-state index in [1.807, 2.05) is 30.3 Å². The fourth-order valence-electron chi connectivity index (χ4n) is 2.40. The van der Waals surface area contributed by atoms with Crippen molar-refractivity contribution in [2.45, 2.75) is 13.0 Å². The smallest absolute Gasteiger partial charge is 0.232 e. The average molecular weight is 303 g/mol. The maximum atomic E-state index is 12.1. The lowest BCUT2D eigenvalue weighted by atomic mass is 10.2. The van der Waals surface area contributed by atoms with Crippen molar-refractivity contribution in [3.8, 4) is 0 Å². The van der Waals surface area contributed by atoms with Crippen molar-refractivity contribution in [3.63, 3.8) is 0 Å². The molecule has 3 amide bonds. The monoisotopic (exact) mass is 303 g/mol. The van der Waals surface area contributed by atoms with Gasteiger partial charge in [0.1, 0.15) is 6.42 Å². The predicted molar refractivity (Wildman–Crippen MR) is 81.8 cm³/mol. The zero-order chi connectivity index (χ0) is 15.9. The quantitative estimate of drug-likeness (QED) is 0.582. The Bertz CT molecular complexity index is 525. The molecular formula is C16H21N3O3. The number of amides is 3. The highest BCUT2D eigenvalue weighted by atomic mass is 16.2. The number of carbonyl (C=O) groups is 3. The molecule has 1 aliphatic heterocycles. The van der Waals surface area contributed by atoms with Gasteiger partial charge in [0.2, 0.25) is 18.2 Å². The van der Waals surface area contributed by atoms with E-state index in [2.05, 4.69) is 0 Å². The topological polar surface area (TPSA) is 60.9 Å². The van der Waals surface area contributed by atoms with E-state index < -0.39 is 0 Å². The Labute approximate surface area is 130 Å². The van der Waals surface area contributed by atoms with Gasteiger partial charge in [-0.05, 0) is 5.56 Å². The fraction of sp³-hybridized carbons (Fsp3) is 0.438. The number of hydrogen-bond donors (Lipinski definition) is 0. The number of carbonyl (C=O) groups excluding carboxylic acids is 3. The Morgan fingerprint density at radius 2 is 1.77 bits per heavy atom. The third kappa shape index (κ3) is 4.31. The highest BCUT2D eigenvalue weighted by Gasteiger charge is 2.23. The molecule has 22 heavy (non-hydrogen) atoms. The van der Waals surface area contributed by atoms with Crippen LogP contribution in [-0.4, -0.2) is 66.2 Å². The molecular weight excluding hydrogens is 282 g/mol. The summed E-state index contributed by atoms with van der Waals surface area (Å²) in [5, 5.41) is 0. The molecule has 1 aliphatic rings. The van der Waals surface area contributed by atoms with Crippen LogP contribution in [0.15, 0.2) is 30.3 Å². The second-order valence-electron chi connectivity index (χ2n) is 5.43. The lowest BCUT2D eigenvalue weighted by Crippen LogP contribution is -2.49. The zero-order valence-corrected chi connectivity index (χ0v) is 12.8. The van der Waals surface area contributed by atoms with Gasteiger partial charge in [0.15, 0.2) is 0 Å². The molecule has 0 radical (unpaired) electrons. The summed E-state index contributed by atoms with van der Waals surface area (Å²) in [6.07, 6.45) is 0.672. The van der Waals surface area contributed by atoms with Crippen LogP contribution in [0.5, 0.6) is 0 Å². The van der Waals surface area contributed by atoms with Crippen LogP contribution in [0.25, 0.3) is 0 Å². The van der Waals surface area contributed by atoms with Gasteiger partial charge in [-0.15, -0.1) is 0 Å². The molecule has 0 spiro atoms. The van der Waals surface area contributed by atoms with Crippen molar-refractivity contribution < 1.29 is 14.4 Å². The Morgan fingerprint density at radius 3 is 2.36 bits per heavy atom. The van der Waals surface area contributed by atoms with Gasteiger partial charge < -0.3 is 14.7 Å². The van der Waals surface area contributed by atoms with Crippen molar-refractivity contribution in [1.29, 1.82) is 0 Å². The van der Waals surface area contributed by atoms with Crippen LogP contribution < -0.4 is 0 Å². The molecule has 0 aromatic heterocycles. The summed E-state index contributed by atoms with van der Waals surface area (Å²) in [5.74, 6) is -0.359. The molecule has 6 heteroatoms. The first-order valence-electron chi connectivity index (χ1n) is 7.35. The van der Waals surface area contributed by atoms with Crippen LogP contribution in [0.4, 0.5) is 0 Å². The van der Waals surface area contributed by atoms with Gasteiger partial charge in [-0.1, -0.05) is 30.3 Å². The zero-order valence-electron chi connectivity index (χ0n) is 12.8. The highest BCUT2D eigenvalue weighted by molar-refractivity contribution is 5.96. The van der Waals surface area contributed by atoms with E-state index >= 15 is 0 Å². The van der Waals surface area contributed by atoms with Gasteiger partial charge in [-0.2, -0.15) is 0 Å². The first-order valence-corrected chi connectivity index (χ1v) is 7.35. The molecule has 1 fully saturated rings. The Balaban J connectivity index is 1.81. The van der Waals surface area contributed by atoms with Crippen molar-refractivity contribution in [1.82, 2.24) is 14.7 Å². The number of rotatable bonds is 5. The first-order chi connectivity index (χ1) is 10.6. The molecule has 1 heterocycles. The van der Waals surface area contributed by atoms with E-state index in [1.54, 1.807) is 21.7 Å². The molecule has 0 bridgehead atoms. The molecule has 1 aromatic carbocycles. The van der Waals surface area contributed by atoms with Crippen LogP contribution in [0.3, 0.4) is 0 Å². The van der Waals surface area contributed by atoms with Gasteiger partial charge in [-0.3, -0.25) is 14.4 Å². The summed E-state index contributed by atoms with van der Waals surface area (Å²) in [5.41, 5.74) is 1.03. The van der Waals surface area contributed by atoms with Crippen molar-refractivity contribution >= 4 is 18.2 Å². The second-order valence-corrected chi connectivity index (χ2v) is 5.43. The Kier molecular flexibility index (Phi) is 5.52. The van der Waals surface area contributed by atoms with Crippen LogP contribution in [0, 0.1) is 0 Å². The lowest BCUT2D eigenvalue weighted by molar-refractivity contribution is -0.142. The summed E-state index contributed by atoms with van der Waals surface area (Å²) >= 11 is 0. The number of benzene rings is 1. The summed E-state index contributed by atoms with van der Waals surface area (Å²) in [6.45, 7) is 2.54. The Hall–Kier alpha value is -2.37. The maximum absolute atomic E-state index is 12.1. The largest absolute Gasteiger partial charge is 0.342 e. The third-order valence-electron chi connectivity index (χ3n) is 3.81. The third-order valence-corrected chi connectivity index (χ3v) is 3.81. The molecule has 0 saturated carbocycles. The Morgan fingerprint density at radius 1 is 1.14 bits per heavy atom. The highest BCUT2D eigenvalue weighted by Crippen LogP contribution is 2.07. The molecule has 6 nitrogen and oxygen atoms in total. The molecule has 1 aromatic rings. The number of hydrogen-bond acceptors (Lipinski definition) is 3. The molecule has 1 saturated heterocycles. The standard InChI is InChI=1S/C16H21N3O3/c1-17(12-14-5-3-2-4-6-14)15(21)11-16(22)19-9-7-18(13-20)8-10-19/h2-6,13H,7-12H2,1H3. The first kappa shape index (κ1) is 16.0. The fourth-order valence-corrected chi connectivity index (χ4v) is 2.40. The van der Waals surface area contributed by atoms with E-state index in [9.17, 15) is 14.4 Å². The number of piperazine rings is 1. The van der Waals surface area contributed by atoms with Crippen molar-refractivity contribution in [2.75, 3.05) is 33.2 Å². The maximum Gasteiger partial charge on any atom is 0.232 e. The summed E-state index contributed by atoms with van der Waals surface area (Å²) in [7, 11) is 1.70. The van der Waals surface area contributed by atoms with Gasteiger partial charge >= 0.3 is 0 Å². The minimum Gasteiger partial charge on any atom is -0.342 e. The van der Waals surface area contributed by atoms with E-state index in [-0.39, 0.29) is 18.2 Å². The number of nitrogens with zero attached hydrogens (tertiary/aromatic N) is 3. The lowest BCUT2D eigenvalue weighted by Gasteiger charge is -2.32. The normalized spacial score (nSPS) is 14.6. The van der Waals surface area contributed by atoms with Crippen LogP contribution in [0.2, 0.25) is 0 Å². The summed E-state index contributed by atoms with van der Waals surface area (Å²) in [6, 6.07) is 9.67. The van der Waals surface area contributed by atoms with Gasteiger partial charge in [-0.25, -0.2) is 0 Å². The van der Waals surface area contributed by atoms with E-state index in [1.165, 1.54) is 0 Å². The van der Waals surface area contributed by atoms with Gasteiger partial charge in [0.05, 0.1) is 0 Å². The van der Waals surface area contributed by atoms with Gasteiger partial charge in [0, 0.05) is 39.8 Å². The molecule has 0 unspecified atom stereocenters. The van der Waals surface area contributed by atoms with Crippen molar-refractivity contribution in [2.24, 2.45) is 0 Å². The van der Waals surface area contributed by atoms with Crippen LogP contribution >= 0.6 is 0 Å². The van der Waals surface area contributed by atoms with E-state index in [0.717, 1.165) is 12.0 Å². The van der Waals surface area contributed by atoms with Crippen molar-refractivity contribution in [3.05, 3.63) is 35.9 Å². The summed E-state index contributed by atoms with van der Waals surface area (Å²) in [4.78, 5) is 39.7. The van der Waals surface area contributed by atoms with E-state index in [4.69, 9.17) is 0 Å². The molecule has 0 aliphatic carbocycles. The minimum atomic E-state index is -0.188. The summed E-state index contributed by atoms with van der Waals surface area (Å²) < 4.78 is 0. The van der Waals surface area contributed by atoms with Crippen LogP contribution in [-0.2, 0) is 20.9 Å². The van der Waals surface area contributed by atoms with E-state index in [0.29, 0.717) is 32.7 Å². The second kappa shape index (κ2) is 7.59. The van der Waals surface area contributed by atoms with Gasteiger partial charge in [0.25, 0.3) is 0 Å². The molecule has 2 rings (SSSR count). The molecule has 0 N–H and O–H groups in total. The average Bonchev–Trinajstić information content (AvgIpc) is 2.55. The van der Waals surface area contributed by atoms with Crippen LogP contribution in [0.1, 0.15) is 12.0 Å². The molecule has 0 atom stereocenters. The molecule has 118 valence electrons. The SMILES string of the molecule is CN(Cc1ccccc1)C(=O)CC(=O)N1CCN(C=O)CC1. The minimum absolute atomic E-state index is 0.121. The predicted octanol–water partition coefficient (Wildman–Crippen LogP) is 0.336.